The summed E-state index contributed by atoms with van der Waals surface area (Å²) in [5.41, 5.74) is 0.903. The fourth-order valence-corrected chi connectivity index (χ4v) is 4.69. The maximum absolute atomic E-state index is 12.5. The van der Waals surface area contributed by atoms with Gasteiger partial charge in [0, 0.05) is 12.6 Å². The van der Waals surface area contributed by atoms with Gasteiger partial charge in [-0.05, 0) is 37.3 Å². The number of rotatable bonds is 7. The van der Waals surface area contributed by atoms with Gasteiger partial charge in [-0.3, -0.25) is 4.79 Å². The summed E-state index contributed by atoms with van der Waals surface area (Å²) in [6.07, 6.45) is 3.52. The van der Waals surface area contributed by atoms with Crippen molar-refractivity contribution in [2.24, 2.45) is 11.8 Å². The normalized spacial score (nSPS) is 22.1. The Hall–Kier alpha value is -2.02. The first kappa shape index (κ1) is 20.7. The molecule has 0 spiro atoms. The van der Waals surface area contributed by atoms with Gasteiger partial charge < -0.3 is 14.6 Å². The van der Waals surface area contributed by atoms with Crippen LogP contribution >= 0.6 is 11.8 Å². The Balaban J connectivity index is 1.66. The molecule has 1 aromatic carbocycles. The van der Waals surface area contributed by atoms with Gasteiger partial charge in [0.15, 0.2) is 11.0 Å². The van der Waals surface area contributed by atoms with Gasteiger partial charge in [-0.25, -0.2) is 0 Å². The summed E-state index contributed by atoms with van der Waals surface area (Å²) >= 11 is 1.44. The number of aromatic nitrogens is 3. The number of hydrogen-bond acceptors (Lipinski definition) is 5. The number of thioether (sulfide) groups is 1. The molecule has 1 heterocycles. The Morgan fingerprint density at radius 3 is 2.82 bits per heavy atom. The van der Waals surface area contributed by atoms with Crippen LogP contribution in [-0.2, 0) is 11.3 Å². The number of hydrogen-bond donors (Lipinski definition) is 1. The molecule has 1 amide bonds. The molecule has 2 aromatic rings. The summed E-state index contributed by atoms with van der Waals surface area (Å²) in [5.74, 6) is 3.14. The third-order valence-corrected chi connectivity index (χ3v) is 6.73. The molecule has 0 radical (unpaired) electrons. The van der Waals surface area contributed by atoms with E-state index in [2.05, 4.69) is 36.3 Å². The van der Waals surface area contributed by atoms with Crippen molar-refractivity contribution in [3.63, 3.8) is 0 Å². The quantitative estimate of drug-likeness (QED) is 0.709. The van der Waals surface area contributed by atoms with Gasteiger partial charge in [0.2, 0.25) is 5.91 Å². The third-order valence-electron chi connectivity index (χ3n) is 5.77. The lowest BCUT2D eigenvalue weighted by Crippen LogP contribution is -2.44. The Kier molecular flexibility index (Phi) is 6.99. The van der Waals surface area contributed by atoms with Crippen molar-refractivity contribution in [2.45, 2.75) is 57.8 Å². The van der Waals surface area contributed by atoms with Crippen LogP contribution in [0.5, 0.6) is 5.75 Å². The predicted molar refractivity (Wildman–Crippen MR) is 113 cm³/mol. The number of methoxy groups -OCH3 is 1. The molecule has 1 saturated carbocycles. The van der Waals surface area contributed by atoms with E-state index in [9.17, 15) is 4.79 Å². The first-order chi connectivity index (χ1) is 13.5. The van der Waals surface area contributed by atoms with Crippen molar-refractivity contribution < 1.29 is 9.53 Å². The summed E-state index contributed by atoms with van der Waals surface area (Å²) in [7, 11) is 1.65. The lowest BCUT2D eigenvalue weighted by Gasteiger charge is -2.34. The van der Waals surface area contributed by atoms with Crippen LogP contribution in [-0.4, -0.2) is 39.6 Å². The van der Waals surface area contributed by atoms with Gasteiger partial charge in [-0.15, -0.1) is 10.2 Å². The lowest BCUT2D eigenvalue weighted by molar-refractivity contribution is -0.120. The van der Waals surface area contributed by atoms with Gasteiger partial charge >= 0.3 is 0 Å². The summed E-state index contributed by atoms with van der Waals surface area (Å²) < 4.78 is 7.49. The average Bonchev–Trinajstić information content (AvgIpc) is 3.12. The third kappa shape index (κ3) is 4.51. The average molecular weight is 403 g/mol. The van der Waals surface area contributed by atoms with E-state index < -0.39 is 0 Å². The molecule has 7 heteroatoms. The van der Waals surface area contributed by atoms with Gasteiger partial charge in [0.05, 0.1) is 18.4 Å². The van der Waals surface area contributed by atoms with Crippen molar-refractivity contribution in [1.82, 2.24) is 20.1 Å². The van der Waals surface area contributed by atoms with E-state index in [1.54, 1.807) is 7.11 Å². The van der Waals surface area contributed by atoms with Crippen LogP contribution in [0, 0.1) is 11.8 Å². The van der Waals surface area contributed by atoms with Crippen LogP contribution < -0.4 is 10.1 Å². The zero-order valence-electron chi connectivity index (χ0n) is 17.1. The standard InChI is InChI=1S/C21H30N4O2S/c1-5-25-20(16-10-6-7-12-18(16)27-4)23-24-21(25)28-13-19(26)22-17-11-8-9-14(2)15(17)3/h6-7,10,12,14-15,17H,5,8-9,11,13H2,1-4H3,(H,22,26)/t14-,15-,17+/m0/s1. The van der Waals surface area contributed by atoms with Crippen LogP contribution in [0.15, 0.2) is 29.4 Å². The molecule has 1 N–H and O–H groups in total. The SMILES string of the molecule is CCn1c(SCC(=O)N[C@@H]2CCC[C@H](C)[C@@H]2C)nnc1-c1ccccc1OC. The molecular weight excluding hydrogens is 372 g/mol. The number of carbonyl (C=O) groups is 1. The van der Waals surface area contributed by atoms with E-state index in [0.717, 1.165) is 35.3 Å². The van der Waals surface area contributed by atoms with E-state index in [1.165, 1.54) is 24.6 Å². The molecule has 0 aliphatic heterocycles. The van der Waals surface area contributed by atoms with Crippen LogP contribution in [0.2, 0.25) is 0 Å². The number of ether oxygens (including phenoxy) is 1. The number of para-hydroxylation sites is 1. The number of nitrogens with zero attached hydrogens (tertiary/aromatic N) is 3. The van der Waals surface area contributed by atoms with Crippen molar-refractivity contribution in [2.75, 3.05) is 12.9 Å². The minimum atomic E-state index is 0.0699. The Morgan fingerprint density at radius 2 is 2.07 bits per heavy atom. The minimum Gasteiger partial charge on any atom is -0.496 e. The largest absolute Gasteiger partial charge is 0.496 e. The first-order valence-electron chi connectivity index (χ1n) is 10.0. The number of amides is 1. The fourth-order valence-electron chi connectivity index (χ4n) is 3.87. The van der Waals surface area contributed by atoms with Crippen LogP contribution in [0.1, 0.15) is 40.0 Å². The molecule has 6 nitrogen and oxygen atoms in total. The highest BCUT2D eigenvalue weighted by Crippen LogP contribution is 2.31. The van der Waals surface area contributed by atoms with Crippen LogP contribution in [0.25, 0.3) is 11.4 Å². The van der Waals surface area contributed by atoms with Crippen molar-refractivity contribution in [3.05, 3.63) is 24.3 Å². The van der Waals surface area contributed by atoms with Crippen LogP contribution in [0.3, 0.4) is 0 Å². The number of carbonyl (C=O) groups excluding carboxylic acids is 1. The van der Waals surface area contributed by atoms with E-state index in [4.69, 9.17) is 4.74 Å². The van der Waals surface area contributed by atoms with Crippen LogP contribution in [0.4, 0.5) is 0 Å². The fraction of sp³-hybridized carbons (Fsp3) is 0.571. The molecular formula is C21H30N4O2S. The summed E-state index contributed by atoms with van der Waals surface area (Å²) in [4.78, 5) is 12.5. The van der Waals surface area contributed by atoms with Gasteiger partial charge in [-0.1, -0.05) is 50.6 Å². The Morgan fingerprint density at radius 1 is 1.29 bits per heavy atom. The molecule has 3 rings (SSSR count). The monoisotopic (exact) mass is 402 g/mol. The summed E-state index contributed by atoms with van der Waals surface area (Å²) in [5, 5.41) is 12.7. The van der Waals surface area contributed by atoms with E-state index in [1.807, 2.05) is 28.8 Å². The van der Waals surface area contributed by atoms with E-state index >= 15 is 0 Å². The van der Waals surface area contributed by atoms with Crippen molar-refractivity contribution >= 4 is 17.7 Å². The van der Waals surface area contributed by atoms with Crippen molar-refractivity contribution in [1.29, 1.82) is 0 Å². The molecule has 1 aliphatic carbocycles. The van der Waals surface area contributed by atoms with E-state index in [0.29, 0.717) is 17.6 Å². The van der Waals surface area contributed by atoms with Crippen molar-refractivity contribution in [3.8, 4) is 17.1 Å². The molecule has 152 valence electrons. The number of benzene rings is 1. The summed E-state index contributed by atoms with van der Waals surface area (Å²) in [6, 6.07) is 8.06. The Bertz CT molecular complexity index is 807. The number of nitrogens with one attached hydrogen (secondary N) is 1. The maximum Gasteiger partial charge on any atom is 0.230 e. The highest BCUT2D eigenvalue weighted by Gasteiger charge is 2.28. The molecule has 3 atom stereocenters. The Labute approximate surface area is 171 Å². The lowest BCUT2D eigenvalue weighted by atomic mass is 9.78. The topological polar surface area (TPSA) is 69.0 Å². The zero-order valence-corrected chi connectivity index (χ0v) is 18.0. The molecule has 1 aliphatic rings. The predicted octanol–water partition coefficient (Wildman–Crippen LogP) is 4.01. The molecule has 0 bridgehead atoms. The molecule has 28 heavy (non-hydrogen) atoms. The highest BCUT2D eigenvalue weighted by atomic mass is 32.2. The first-order valence-corrected chi connectivity index (χ1v) is 11.0. The molecule has 1 fully saturated rings. The van der Waals surface area contributed by atoms with Gasteiger partial charge in [0.1, 0.15) is 5.75 Å². The highest BCUT2D eigenvalue weighted by molar-refractivity contribution is 7.99. The molecule has 0 saturated heterocycles. The smallest absolute Gasteiger partial charge is 0.230 e. The summed E-state index contributed by atoms with van der Waals surface area (Å²) in [6.45, 7) is 7.30. The van der Waals surface area contributed by atoms with E-state index in [-0.39, 0.29) is 11.9 Å². The second-order valence-electron chi connectivity index (χ2n) is 7.48. The second-order valence-corrected chi connectivity index (χ2v) is 8.42. The zero-order chi connectivity index (χ0) is 20.1. The van der Waals surface area contributed by atoms with Gasteiger partial charge in [-0.2, -0.15) is 0 Å². The maximum atomic E-state index is 12.5. The molecule has 1 aromatic heterocycles. The van der Waals surface area contributed by atoms with Gasteiger partial charge in [0.25, 0.3) is 0 Å². The molecule has 0 unspecified atom stereocenters. The minimum absolute atomic E-state index is 0.0699. The second kappa shape index (κ2) is 9.45.